The number of nitrogens with one attached hydrogen (secondary N) is 1. The van der Waals surface area contributed by atoms with Gasteiger partial charge in [-0.3, -0.25) is 0 Å². The van der Waals surface area contributed by atoms with E-state index in [1.807, 2.05) is 0 Å². The fraction of sp³-hybridized carbons (Fsp3) is 1.00. The second-order valence-corrected chi connectivity index (χ2v) is 3.26. The molecule has 1 heterocycles. The van der Waals surface area contributed by atoms with Crippen molar-refractivity contribution in [2.24, 2.45) is 0 Å². The van der Waals surface area contributed by atoms with Crippen LogP contribution in [0.3, 0.4) is 0 Å². The third-order valence-electron chi connectivity index (χ3n) is 1.51. The fourth-order valence-electron chi connectivity index (χ4n) is 1.07. The maximum absolute atomic E-state index is 10.2. The zero-order valence-corrected chi connectivity index (χ0v) is 5.99. The Morgan fingerprint density at radius 2 is 2.56 bits per heavy atom. The minimum atomic E-state index is -1.62. The molecule has 0 aromatic carbocycles. The molecule has 0 bridgehead atoms. The Morgan fingerprint density at radius 3 is 3.00 bits per heavy atom. The molecule has 0 aliphatic carbocycles. The Hall–Kier alpha value is 0.0700. The van der Waals surface area contributed by atoms with Crippen molar-refractivity contribution in [1.82, 2.24) is 5.32 Å². The van der Waals surface area contributed by atoms with Gasteiger partial charge in [0, 0.05) is 6.04 Å². The number of rotatable bonds is 2. The first-order chi connectivity index (χ1) is 4.29. The molecule has 0 spiro atoms. The van der Waals surface area contributed by atoms with Crippen molar-refractivity contribution in [1.29, 1.82) is 0 Å². The van der Waals surface area contributed by atoms with Gasteiger partial charge >= 0.3 is 0 Å². The Bertz CT molecular complexity index is 112. The van der Waals surface area contributed by atoms with Gasteiger partial charge in [-0.05, 0) is 19.4 Å². The van der Waals surface area contributed by atoms with Gasteiger partial charge in [-0.25, -0.2) is 4.21 Å². The molecule has 2 unspecified atom stereocenters. The normalized spacial score (nSPS) is 30.6. The van der Waals surface area contributed by atoms with Gasteiger partial charge in [0.1, 0.15) is 0 Å². The highest BCUT2D eigenvalue weighted by molar-refractivity contribution is 7.79. The smallest absolute Gasteiger partial charge is 0.154 e. The fourth-order valence-corrected chi connectivity index (χ4v) is 1.70. The quantitative estimate of drug-likeness (QED) is 0.542. The molecule has 54 valence electrons. The van der Waals surface area contributed by atoms with E-state index in [-0.39, 0.29) is 6.04 Å². The Morgan fingerprint density at radius 1 is 1.78 bits per heavy atom. The monoisotopic (exact) mass is 149 g/mol. The molecule has 1 fully saturated rings. The molecule has 0 aromatic rings. The molecule has 3 nitrogen and oxygen atoms in total. The number of hydrogen-bond donors (Lipinski definition) is 2. The van der Waals surface area contributed by atoms with E-state index in [4.69, 9.17) is 4.55 Å². The summed E-state index contributed by atoms with van der Waals surface area (Å²) < 4.78 is 18.7. The van der Waals surface area contributed by atoms with E-state index in [1.54, 1.807) is 0 Å². The predicted molar refractivity (Wildman–Crippen MR) is 36.7 cm³/mol. The van der Waals surface area contributed by atoms with Crippen LogP contribution in [0, 0.1) is 0 Å². The molecule has 2 atom stereocenters. The summed E-state index contributed by atoms with van der Waals surface area (Å²) in [4.78, 5) is 0. The lowest BCUT2D eigenvalue weighted by atomic mass is 10.3. The van der Waals surface area contributed by atoms with Crippen molar-refractivity contribution in [2.75, 3.05) is 12.3 Å². The van der Waals surface area contributed by atoms with Gasteiger partial charge in [-0.15, -0.1) is 0 Å². The Labute approximate surface area is 57.1 Å². The van der Waals surface area contributed by atoms with Crippen molar-refractivity contribution in [2.45, 2.75) is 18.9 Å². The van der Waals surface area contributed by atoms with Crippen LogP contribution in [0.25, 0.3) is 0 Å². The van der Waals surface area contributed by atoms with Crippen LogP contribution in [0.1, 0.15) is 12.8 Å². The summed E-state index contributed by atoms with van der Waals surface area (Å²) in [7, 11) is 0. The maximum atomic E-state index is 10.2. The summed E-state index contributed by atoms with van der Waals surface area (Å²) in [5.41, 5.74) is 0. The molecular weight excluding hydrogens is 138 g/mol. The highest BCUT2D eigenvalue weighted by Crippen LogP contribution is 2.04. The van der Waals surface area contributed by atoms with Crippen LogP contribution in [-0.2, 0) is 11.1 Å². The maximum Gasteiger partial charge on any atom is 0.154 e. The van der Waals surface area contributed by atoms with E-state index in [1.165, 1.54) is 0 Å². The lowest BCUT2D eigenvalue weighted by Gasteiger charge is -2.04. The molecule has 0 aromatic heterocycles. The Kier molecular flexibility index (Phi) is 2.63. The van der Waals surface area contributed by atoms with Gasteiger partial charge in [0.05, 0.1) is 5.75 Å². The molecule has 4 heteroatoms. The van der Waals surface area contributed by atoms with Gasteiger partial charge < -0.3 is 9.87 Å². The third-order valence-corrected chi connectivity index (χ3v) is 2.19. The highest BCUT2D eigenvalue weighted by Gasteiger charge is 2.15. The van der Waals surface area contributed by atoms with Crippen molar-refractivity contribution in [3.8, 4) is 0 Å². The lowest BCUT2D eigenvalue weighted by molar-refractivity contribution is 0.548. The standard InChI is InChI=1S/C5H11NO2S/c7-9(8)4-5-2-1-3-6-5/h5-6H,1-4H2,(H,7,8). The lowest BCUT2D eigenvalue weighted by Crippen LogP contribution is -2.27. The highest BCUT2D eigenvalue weighted by atomic mass is 32.2. The topological polar surface area (TPSA) is 49.3 Å². The minimum absolute atomic E-state index is 0.288. The minimum Gasteiger partial charge on any atom is -0.313 e. The largest absolute Gasteiger partial charge is 0.313 e. The van der Waals surface area contributed by atoms with Crippen LogP contribution in [0.2, 0.25) is 0 Å². The van der Waals surface area contributed by atoms with E-state index >= 15 is 0 Å². The van der Waals surface area contributed by atoms with Gasteiger partial charge in [0.25, 0.3) is 0 Å². The predicted octanol–water partition coefficient (Wildman–Crippen LogP) is -0.0399. The van der Waals surface area contributed by atoms with Crippen LogP contribution in [0.4, 0.5) is 0 Å². The van der Waals surface area contributed by atoms with Gasteiger partial charge in [0.15, 0.2) is 11.1 Å². The van der Waals surface area contributed by atoms with Crippen LogP contribution in [0.15, 0.2) is 0 Å². The summed E-state index contributed by atoms with van der Waals surface area (Å²) in [5, 5.41) is 3.13. The summed E-state index contributed by atoms with van der Waals surface area (Å²) in [6, 6.07) is 0.288. The second-order valence-electron chi connectivity index (χ2n) is 2.28. The second kappa shape index (κ2) is 3.29. The van der Waals surface area contributed by atoms with Crippen LogP contribution in [0.5, 0.6) is 0 Å². The van der Waals surface area contributed by atoms with Gasteiger partial charge in [-0.2, -0.15) is 0 Å². The van der Waals surface area contributed by atoms with Gasteiger partial charge in [0.2, 0.25) is 0 Å². The molecule has 1 rings (SSSR count). The molecule has 0 amide bonds. The zero-order chi connectivity index (χ0) is 6.69. The van der Waals surface area contributed by atoms with Crippen LogP contribution in [-0.4, -0.2) is 27.1 Å². The summed E-state index contributed by atoms with van der Waals surface area (Å²) in [6.07, 6.45) is 2.19. The van der Waals surface area contributed by atoms with E-state index < -0.39 is 11.1 Å². The molecule has 0 radical (unpaired) electrons. The first kappa shape index (κ1) is 7.18. The van der Waals surface area contributed by atoms with E-state index in [0.717, 1.165) is 19.4 Å². The first-order valence-electron chi connectivity index (χ1n) is 3.10. The van der Waals surface area contributed by atoms with Crippen molar-refractivity contribution in [3.05, 3.63) is 0 Å². The molecular formula is C5H11NO2S. The SMILES string of the molecule is O=S(O)CC1CCCN1. The van der Waals surface area contributed by atoms with Crippen LogP contribution >= 0.6 is 0 Å². The third kappa shape index (κ3) is 2.43. The molecule has 2 N–H and O–H groups in total. The molecule has 1 aliphatic rings. The van der Waals surface area contributed by atoms with Crippen molar-refractivity contribution in [3.63, 3.8) is 0 Å². The first-order valence-corrected chi connectivity index (χ1v) is 4.37. The number of hydrogen-bond acceptors (Lipinski definition) is 2. The average molecular weight is 149 g/mol. The van der Waals surface area contributed by atoms with E-state index in [2.05, 4.69) is 5.32 Å². The zero-order valence-electron chi connectivity index (χ0n) is 5.17. The van der Waals surface area contributed by atoms with Crippen LogP contribution < -0.4 is 5.32 Å². The molecule has 1 saturated heterocycles. The van der Waals surface area contributed by atoms with Gasteiger partial charge in [-0.1, -0.05) is 0 Å². The van der Waals surface area contributed by atoms with Crippen molar-refractivity contribution < 1.29 is 8.76 Å². The van der Waals surface area contributed by atoms with E-state index in [9.17, 15) is 4.21 Å². The average Bonchev–Trinajstić information content (AvgIpc) is 2.15. The molecule has 9 heavy (non-hydrogen) atoms. The summed E-state index contributed by atoms with van der Waals surface area (Å²) in [6.45, 7) is 1.00. The van der Waals surface area contributed by atoms with E-state index in [0.29, 0.717) is 5.75 Å². The Balaban J connectivity index is 2.19. The van der Waals surface area contributed by atoms with Crippen molar-refractivity contribution >= 4 is 11.1 Å². The molecule has 1 aliphatic heterocycles. The summed E-state index contributed by atoms with van der Waals surface area (Å²) >= 11 is -1.62. The molecule has 0 saturated carbocycles. The summed E-state index contributed by atoms with van der Waals surface area (Å²) in [5.74, 6) is 0.389.